The van der Waals surface area contributed by atoms with Gasteiger partial charge in [-0.3, -0.25) is 0 Å². The Morgan fingerprint density at radius 1 is 1.30 bits per heavy atom. The first-order valence-electron chi connectivity index (χ1n) is 7.23. The lowest BCUT2D eigenvalue weighted by Gasteiger charge is -2.35. The summed E-state index contributed by atoms with van der Waals surface area (Å²) < 4.78 is 11.8. The van der Waals surface area contributed by atoms with Crippen LogP contribution in [0.15, 0.2) is 0 Å². The fourth-order valence-corrected chi connectivity index (χ4v) is 3.04. The summed E-state index contributed by atoms with van der Waals surface area (Å²) >= 11 is 0. The Kier molecular flexibility index (Phi) is 4.07. The summed E-state index contributed by atoms with van der Waals surface area (Å²) in [5, 5.41) is 0. The summed E-state index contributed by atoms with van der Waals surface area (Å²) in [6.45, 7) is 8.41. The van der Waals surface area contributed by atoms with Gasteiger partial charge >= 0.3 is 0 Å². The molecule has 0 aliphatic carbocycles. The van der Waals surface area contributed by atoms with E-state index < -0.39 is 0 Å². The van der Waals surface area contributed by atoms with Crippen molar-refractivity contribution in [1.82, 2.24) is 0 Å². The molecule has 0 spiro atoms. The van der Waals surface area contributed by atoms with Gasteiger partial charge in [0.15, 0.2) is 0 Å². The molecular formula is C17H24O3. The quantitative estimate of drug-likeness (QED) is 0.789. The van der Waals surface area contributed by atoms with E-state index in [4.69, 9.17) is 9.47 Å². The number of hydrogen-bond donors (Lipinski definition) is 0. The lowest BCUT2D eigenvalue weighted by molar-refractivity contribution is -0.107. The Morgan fingerprint density at radius 3 is 2.60 bits per heavy atom. The Bertz CT molecular complexity index is 530. The molecule has 3 nitrogen and oxygen atoms in total. The van der Waals surface area contributed by atoms with Gasteiger partial charge in [-0.2, -0.15) is 0 Å². The van der Waals surface area contributed by atoms with Gasteiger partial charge in [-0.25, -0.2) is 0 Å². The number of fused-ring (bicyclic) bond motifs is 1. The molecule has 0 bridgehead atoms. The van der Waals surface area contributed by atoms with Crippen LogP contribution in [-0.4, -0.2) is 19.0 Å². The molecule has 3 heteroatoms. The van der Waals surface area contributed by atoms with Gasteiger partial charge in [0.05, 0.1) is 7.11 Å². The van der Waals surface area contributed by atoms with Gasteiger partial charge in [-0.15, -0.1) is 0 Å². The molecule has 0 N–H and O–H groups in total. The number of carbonyl (C=O) groups is 1. The minimum atomic E-state index is -0.124. The highest BCUT2D eigenvalue weighted by Crippen LogP contribution is 2.44. The first-order chi connectivity index (χ1) is 9.41. The lowest BCUT2D eigenvalue weighted by Crippen LogP contribution is -2.33. The maximum atomic E-state index is 10.7. The highest BCUT2D eigenvalue weighted by molar-refractivity contribution is 5.61. The van der Waals surface area contributed by atoms with E-state index in [9.17, 15) is 4.79 Å². The Labute approximate surface area is 121 Å². The average Bonchev–Trinajstić information content (AvgIpc) is 2.40. The standard InChI is InChI=1S/C17H24O3/c1-11-14-8-9-17(3,4)20-16(14)12(2)13(7-6-10-18)15(11)19-5/h10H,6-9H2,1-5H3. The number of ether oxygens (including phenoxy) is 2. The monoisotopic (exact) mass is 276 g/mol. The van der Waals surface area contributed by atoms with E-state index in [1.165, 1.54) is 5.56 Å². The molecule has 0 saturated heterocycles. The second-order valence-corrected chi connectivity index (χ2v) is 6.14. The Balaban J connectivity index is 2.59. The van der Waals surface area contributed by atoms with Crippen LogP contribution in [0.25, 0.3) is 0 Å². The highest BCUT2D eigenvalue weighted by Gasteiger charge is 2.31. The van der Waals surface area contributed by atoms with Crippen LogP contribution in [0.5, 0.6) is 11.5 Å². The third-order valence-corrected chi connectivity index (χ3v) is 4.21. The number of aldehydes is 1. The molecule has 1 aromatic carbocycles. The average molecular weight is 276 g/mol. The van der Waals surface area contributed by atoms with Gasteiger partial charge in [0, 0.05) is 17.5 Å². The summed E-state index contributed by atoms with van der Waals surface area (Å²) in [7, 11) is 1.70. The molecule has 0 amide bonds. The first-order valence-corrected chi connectivity index (χ1v) is 7.23. The number of rotatable bonds is 4. The van der Waals surface area contributed by atoms with E-state index in [1.54, 1.807) is 7.11 Å². The van der Waals surface area contributed by atoms with Crippen molar-refractivity contribution in [2.45, 2.75) is 59.0 Å². The summed E-state index contributed by atoms with van der Waals surface area (Å²) in [5.74, 6) is 1.92. The molecule has 1 aliphatic heterocycles. The Morgan fingerprint density at radius 2 is 2.00 bits per heavy atom. The van der Waals surface area contributed by atoms with E-state index in [2.05, 4.69) is 27.7 Å². The van der Waals surface area contributed by atoms with Gasteiger partial charge in [0.2, 0.25) is 0 Å². The van der Waals surface area contributed by atoms with E-state index in [0.29, 0.717) is 12.8 Å². The van der Waals surface area contributed by atoms with Gasteiger partial charge in [0.1, 0.15) is 23.4 Å². The predicted molar refractivity (Wildman–Crippen MR) is 79.9 cm³/mol. The van der Waals surface area contributed by atoms with Gasteiger partial charge in [0.25, 0.3) is 0 Å². The number of hydrogen-bond acceptors (Lipinski definition) is 3. The summed E-state index contributed by atoms with van der Waals surface area (Å²) in [5.41, 5.74) is 4.52. The molecule has 1 aromatic rings. The molecule has 20 heavy (non-hydrogen) atoms. The van der Waals surface area contributed by atoms with Crippen LogP contribution >= 0.6 is 0 Å². The molecule has 2 rings (SSSR count). The molecule has 0 atom stereocenters. The van der Waals surface area contributed by atoms with Crippen molar-refractivity contribution < 1.29 is 14.3 Å². The fourth-order valence-electron chi connectivity index (χ4n) is 3.04. The van der Waals surface area contributed by atoms with Gasteiger partial charge in [-0.1, -0.05) is 0 Å². The van der Waals surface area contributed by atoms with Gasteiger partial charge < -0.3 is 14.3 Å². The topological polar surface area (TPSA) is 35.5 Å². The van der Waals surface area contributed by atoms with E-state index in [1.807, 2.05) is 0 Å². The van der Waals surface area contributed by atoms with Crippen molar-refractivity contribution in [3.63, 3.8) is 0 Å². The largest absolute Gasteiger partial charge is 0.496 e. The van der Waals surface area contributed by atoms with Crippen molar-refractivity contribution >= 4 is 6.29 Å². The zero-order valence-corrected chi connectivity index (χ0v) is 13.1. The maximum Gasteiger partial charge on any atom is 0.127 e. The van der Waals surface area contributed by atoms with Crippen LogP contribution in [0.4, 0.5) is 0 Å². The fraction of sp³-hybridized carbons (Fsp3) is 0.588. The van der Waals surface area contributed by atoms with Crippen molar-refractivity contribution in [2.75, 3.05) is 7.11 Å². The van der Waals surface area contributed by atoms with Crippen LogP contribution in [0.2, 0.25) is 0 Å². The number of methoxy groups -OCH3 is 1. The number of carbonyl (C=O) groups excluding carboxylic acids is 1. The van der Waals surface area contributed by atoms with Crippen molar-refractivity contribution in [1.29, 1.82) is 0 Å². The van der Waals surface area contributed by atoms with Crippen molar-refractivity contribution in [3.8, 4) is 11.5 Å². The summed E-state index contributed by atoms with van der Waals surface area (Å²) in [6, 6.07) is 0. The van der Waals surface area contributed by atoms with E-state index in [0.717, 1.165) is 47.3 Å². The second kappa shape index (κ2) is 5.47. The van der Waals surface area contributed by atoms with Crippen LogP contribution < -0.4 is 9.47 Å². The van der Waals surface area contributed by atoms with Crippen LogP contribution in [0, 0.1) is 13.8 Å². The molecule has 110 valence electrons. The van der Waals surface area contributed by atoms with Crippen LogP contribution in [0.1, 0.15) is 48.9 Å². The minimum Gasteiger partial charge on any atom is -0.496 e. The lowest BCUT2D eigenvalue weighted by atomic mass is 9.87. The SMILES string of the molecule is COc1c(C)c2c(c(C)c1CCC=O)OC(C)(C)CC2. The van der Waals surface area contributed by atoms with E-state index >= 15 is 0 Å². The zero-order chi connectivity index (χ0) is 14.9. The third kappa shape index (κ3) is 2.54. The van der Waals surface area contributed by atoms with Crippen LogP contribution in [-0.2, 0) is 17.6 Å². The predicted octanol–water partition coefficient (Wildman–Crippen LogP) is 3.55. The normalized spacial score (nSPS) is 16.2. The molecule has 1 aliphatic rings. The van der Waals surface area contributed by atoms with E-state index in [-0.39, 0.29) is 5.60 Å². The number of benzene rings is 1. The first kappa shape index (κ1) is 14.9. The second-order valence-electron chi connectivity index (χ2n) is 6.14. The zero-order valence-electron chi connectivity index (χ0n) is 13.1. The maximum absolute atomic E-state index is 10.7. The smallest absolute Gasteiger partial charge is 0.127 e. The molecular weight excluding hydrogens is 252 g/mol. The third-order valence-electron chi connectivity index (χ3n) is 4.21. The minimum absolute atomic E-state index is 0.124. The molecule has 0 radical (unpaired) electrons. The van der Waals surface area contributed by atoms with Gasteiger partial charge in [-0.05, 0) is 58.1 Å². The molecule has 0 aromatic heterocycles. The molecule has 0 saturated carbocycles. The highest BCUT2D eigenvalue weighted by atomic mass is 16.5. The van der Waals surface area contributed by atoms with Crippen LogP contribution in [0.3, 0.4) is 0 Å². The summed E-state index contributed by atoms with van der Waals surface area (Å²) in [6.07, 6.45) is 4.20. The molecule has 0 unspecified atom stereocenters. The molecule has 0 fully saturated rings. The summed E-state index contributed by atoms with van der Waals surface area (Å²) in [4.78, 5) is 10.7. The molecule has 1 heterocycles. The van der Waals surface area contributed by atoms with Crippen molar-refractivity contribution in [3.05, 3.63) is 22.3 Å². The van der Waals surface area contributed by atoms with Crippen molar-refractivity contribution in [2.24, 2.45) is 0 Å². The Hall–Kier alpha value is -1.51.